The van der Waals surface area contributed by atoms with Crippen LogP contribution >= 0.6 is 0 Å². The highest BCUT2D eigenvalue weighted by molar-refractivity contribution is 5.30. The molecule has 0 spiro atoms. The highest BCUT2D eigenvalue weighted by Gasteiger charge is 2.39. The Morgan fingerprint density at radius 3 is 3.11 bits per heavy atom. The largest absolute Gasteiger partial charge is 0.361 e. The van der Waals surface area contributed by atoms with Crippen LogP contribution in [0.2, 0.25) is 0 Å². The van der Waals surface area contributed by atoms with Crippen molar-refractivity contribution in [3.05, 3.63) is 23.7 Å². The first kappa shape index (κ1) is 5.03. The molecule has 1 nitrogen and oxygen atoms in total. The molecule has 2 rings (SSSR count). The summed E-state index contributed by atoms with van der Waals surface area (Å²) in [5.74, 6) is 0.0144. The van der Waals surface area contributed by atoms with Crippen LogP contribution in [-0.2, 0) is 0 Å². The zero-order chi connectivity index (χ0) is 6.43. The molecule has 0 amide bonds. The average molecular weight is 125 g/mol. The summed E-state index contributed by atoms with van der Waals surface area (Å²) in [4.78, 5) is 2.04. The highest BCUT2D eigenvalue weighted by atomic mass is 19.1. The summed E-state index contributed by atoms with van der Waals surface area (Å²) in [6.45, 7) is 2.88. The van der Waals surface area contributed by atoms with E-state index < -0.39 is 0 Å². The minimum atomic E-state index is 0.0144. The molecule has 2 heterocycles. The van der Waals surface area contributed by atoms with Gasteiger partial charge in [0.2, 0.25) is 0 Å². The minimum Gasteiger partial charge on any atom is -0.361 e. The normalized spacial score (nSPS) is 30.9. The summed E-state index contributed by atoms with van der Waals surface area (Å²) in [5.41, 5.74) is 1.18. The van der Waals surface area contributed by atoms with Crippen molar-refractivity contribution in [2.24, 2.45) is 0 Å². The molecule has 0 N–H and O–H groups in total. The van der Waals surface area contributed by atoms with E-state index in [1.807, 2.05) is 17.9 Å². The van der Waals surface area contributed by atoms with Crippen molar-refractivity contribution >= 4 is 0 Å². The summed E-state index contributed by atoms with van der Waals surface area (Å²) in [7, 11) is 0. The molecule has 1 fully saturated rings. The van der Waals surface area contributed by atoms with Gasteiger partial charge in [-0.05, 0) is 19.1 Å². The Morgan fingerprint density at radius 1 is 1.67 bits per heavy atom. The zero-order valence-electron chi connectivity index (χ0n) is 5.26. The molecule has 1 saturated heterocycles. The van der Waals surface area contributed by atoms with Crippen LogP contribution in [0.1, 0.15) is 6.92 Å². The number of hydrogen-bond donors (Lipinski definition) is 0. The lowest BCUT2D eigenvalue weighted by molar-refractivity contribution is 0.534. The van der Waals surface area contributed by atoms with Gasteiger partial charge in [0.25, 0.3) is 0 Å². The maximum Gasteiger partial charge on any atom is 0.124 e. The Labute approximate surface area is 53.5 Å². The SMILES string of the molecule is CC1=CC=C(F)C2CN12. The Kier molecular flexibility index (Phi) is 0.770. The van der Waals surface area contributed by atoms with Crippen molar-refractivity contribution in [1.82, 2.24) is 4.90 Å². The van der Waals surface area contributed by atoms with E-state index in [4.69, 9.17) is 0 Å². The molecule has 2 aliphatic rings. The van der Waals surface area contributed by atoms with E-state index in [1.165, 1.54) is 5.70 Å². The van der Waals surface area contributed by atoms with Crippen LogP contribution in [0.4, 0.5) is 4.39 Å². The number of allylic oxidation sites excluding steroid dienone is 3. The number of nitrogens with zero attached hydrogens (tertiary/aromatic N) is 1. The summed E-state index contributed by atoms with van der Waals surface area (Å²) in [5, 5.41) is 0. The molecule has 0 bridgehead atoms. The first-order valence-electron chi connectivity index (χ1n) is 3.09. The smallest absolute Gasteiger partial charge is 0.124 e. The molecule has 0 aromatic rings. The van der Waals surface area contributed by atoms with Gasteiger partial charge in [-0.15, -0.1) is 0 Å². The van der Waals surface area contributed by atoms with Crippen molar-refractivity contribution in [3.63, 3.8) is 0 Å². The number of hydrogen-bond acceptors (Lipinski definition) is 1. The second-order valence-corrected chi connectivity index (χ2v) is 2.53. The van der Waals surface area contributed by atoms with E-state index in [0.717, 1.165) is 6.54 Å². The third-order valence-corrected chi connectivity index (χ3v) is 1.87. The Balaban J connectivity index is 2.33. The van der Waals surface area contributed by atoms with Crippen molar-refractivity contribution in [1.29, 1.82) is 0 Å². The van der Waals surface area contributed by atoms with Gasteiger partial charge in [0.05, 0.1) is 6.04 Å². The Hall–Kier alpha value is -0.790. The highest BCUT2D eigenvalue weighted by Crippen LogP contribution is 2.33. The quantitative estimate of drug-likeness (QED) is 0.443. The van der Waals surface area contributed by atoms with Gasteiger partial charge in [-0.25, -0.2) is 4.39 Å². The molecule has 0 saturated carbocycles. The molecule has 0 aromatic heterocycles. The predicted molar refractivity (Wildman–Crippen MR) is 33.4 cm³/mol. The van der Waals surface area contributed by atoms with Crippen LogP contribution in [-0.4, -0.2) is 17.5 Å². The fourth-order valence-electron chi connectivity index (χ4n) is 1.17. The molecular formula is C7H8FN. The van der Waals surface area contributed by atoms with Gasteiger partial charge < -0.3 is 4.90 Å². The van der Waals surface area contributed by atoms with E-state index in [-0.39, 0.29) is 11.9 Å². The minimum absolute atomic E-state index is 0.0144. The number of rotatable bonds is 0. The van der Waals surface area contributed by atoms with E-state index in [1.54, 1.807) is 6.08 Å². The fourth-order valence-corrected chi connectivity index (χ4v) is 1.17. The van der Waals surface area contributed by atoms with Crippen LogP contribution in [0.5, 0.6) is 0 Å². The average Bonchev–Trinajstić information content (AvgIpc) is 2.57. The van der Waals surface area contributed by atoms with E-state index in [2.05, 4.69) is 0 Å². The second kappa shape index (κ2) is 1.38. The number of halogens is 1. The van der Waals surface area contributed by atoms with Crippen LogP contribution in [0.3, 0.4) is 0 Å². The van der Waals surface area contributed by atoms with Gasteiger partial charge in [0, 0.05) is 12.2 Å². The lowest BCUT2D eigenvalue weighted by Crippen LogP contribution is -2.02. The molecule has 0 radical (unpaired) electrons. The van der Waals surface area contributed by atoms with Gasteiger partial charge in [-0.2, -0.15) is 0 Å². The lowest BCUT2D eigenvalue weighted by atomic mass is 10.3. The molecule has 2 aliphatic heterocycles. The first-order chi connectivity index (χ1) is 4.29. The molecule has 0 aromatic carbocycles. The van der Waals surface area contributed by atoms with Gasteiger partial charge in [-0.1, -0.05) is 0 Å². The van der Waals surface area contributed by atoms with Crippen molar-refractivity contribution < 1.29 is 4.39 Å². The predicted octanol–water partition coefficient (Wildman–Crippen LogP) is 1.44. The van der Waals surface area contributed by atoms with E-state index in [0.29, 0.717) is 0 Å². The third-order valence-electron chi connectivity index (χ3n) is 1.87. The Bertz CT molecular complexity index is 183. The van der Waals surface area contributed by atoms with Crippen LogP contribution in [0, 0.1) is 0 Å². The Morgan fingerprint density at radius 2 is 2.44 bits per heavy atom. The van der Waals surface area contributed by atoms with Crippen molar-refractivity contribution in [2.45, 2.75) is 13.0 Å². The van der Waals surface area contributed by atoms with Crippen molar-refractivity contribution in [3.8, 4) is 0 Å². The van der Waals surface area contributed by atoms with Gasteiger partial charge in [-0.3, -0.25) is 0 Å². The topological polar surface area (TPSA) is 3.01 Å². The summed E-state index contributed by atoms with van der Waals surface area (Å²) in [6, 6.07) is 0.106. The number of fused-ring (bicyclic) bond motifs is 1. The maximum atomic E-state index is 12.6. The second-order valence-electron chi connectivity index (χ2n) is 2.53. The fraction of sp³-hybridized carbons (Fsp3) is 0.429. The summed E-state index contributed by atoms with van der Waals surface area (Å²) in [6.07, 6.45) is 3.38. The van der Waals surface area contributed by atoms with Gasteiger partial charge >= 0.3 is 0 Å². The molecule has 1 atom stereocenters. The van der Waals surface area contributed by atoms with Gasteiger partial charge in [0.15, 0.2) is 0 Å². The van der Waals surface area contributed by atoms with Crippen LogP contribution < -0.4 is 0 Å². The molecule has 0 aliphatic carbocycles. The van der Waals surface area contributed by atoms with Crippen molar-refractivity contribution in [2.75, 3.05) is 6.54 Å². The van der Waals surface area contributed by atoms with E-state index in [9.17, 15) is 4.39 Å². The van der Waals surface area contributed by atoms with Crippen LogP contribution in [0.15, 0.2) is 23.7 Å². The third kappa shape index (κ3) is 0.590. The molecule has 48 valence electrons. The summed E-state index contributed by atoms with van der Waals surface area (Å²) < 4.78 is 12.6. The zero-order valence-corrected chi connectivity index (χ0v) is 5.26. The maximum absolute atomic E-state index is 12.6. The monoisotopic (exact) mass is 125 g/mol. The molecule has 9 heavy (non-hydrogen) atoms. The standard InChI is InChI=1S/C7H8FN/c1-5-2-3-6(8)7-4-9(5)7/h2-3,7H,4H2,1H3. The molecule has 2 heteroatoms. The summed E-state index contributed by atoms with van der Waals surface area (Å²) >= 11 is 0. The molecule has 1 unspecified atom stereocenters. The van der Waals surface area contributed by atoms with Gasteiger partial charge in [0.1, 0.15) is 5.83 Å². The lowest BCUT2D eigenvalue weighted by Gasteiger charge is -2.06. The first-order valence-corrected chi connectivity index (χ1v) is 3.09. The van der Waals surface area contributed by atoms with E-state index >= 15 is 0 Å². The molecular weight excluding hydrogens is 117 g/mol. The van der Waals surface area contributed by atoms with Crippen LogP contribution in [0.25, 0.3) is 0 Å².